The van der Waals surface area contributed by atoms with E-state index in [2.05, 4.69) is 41.0 Å². The fourth-order valence-electron chi connectivity index (χ4n) is 5.87. The zero-order valence-electron chi connectivity index (χ0n) is 27.6. The highest BCUT2D eigenvalue weighted by molar-refractivity contribution is 6.12. The summed E-state index contributed by atoms with van der Waals surface area (Å²) in [5.74, 6) is -1.57. The number of amides is 2. The normalized spacial score (nSPS) is 17.2. The Morgan fingerprint density at radius 1 is 1.13 bits per heavy atom. The molecule has 2 aromatic rings. The van der Waals surface area contributed by atoms with Crippen LogP contribution in [0.5, 0.6) is 0 Å². The number of hydrogen-bond acceptors (Lipinski definition) is 6. The fraction of sp³-hybridized carbons (Fsp3) is 0.556. The second-order valence-corrected chi connectivity index (χ2v) is 13.6. The van der Waals surface area contributed by atoms with Gasteiger partial charge in [-0.25, -0.2) is 9.78 Å². The maximum Gasteiger partial charge on any atom is 0.412 e. The molecular formula is C36H52N4O5. The predicted octanol–water partition coefficient (Wildman–Crippen LogP) is 6.37. The van der Waals surface area contributed by atoms with Crippen molar-refractivity contribution >= 4 is 23.9 Å². The minimum atomic E-state index is -1.21. The van der Waals surface area contributed by atoms with Gasteiger partial charge in [0.05, 0.1) is 24.2 Å². The van der Waals surface area contributed by atoms with Gasteiger partial charge in [0, 0.05) is 18.3 Å². The molecule has 0 unspecified atom stereocenters. The SMILES string of the molecule is C=C[C@@H](C[C@H](O)[C@H](CC1CCCCC1)NC(=O)[C@@H](Cc1cnc[nH]1)C(=O)/C(=C/c1ccccc1)NC(=O)OC(C)(C)C)C(C)C. The molecule has 4 N–H and O–H groups in total. The van der Waals surface area contributed by atoms with Crippen LogP contribution in [0.15, 0.2) is 61.2 Å². The first kappa shape index (κ1) is 35.8. The van der Waals surface area contributed by atoms with Crippen molar-refractivity contribution in [1.82, 2.24) is 20.6 Å². The molecule has 0 aliphatic heterocycles. The number of allylic oxidation sites excluding steroid dienone is 2. The molecule has 0 spiro atoms. The average Bonchev–Trinajstić information content (AvgIpc) is 3.51. The van der Waals surface area contributed by atoms with Crippen molar-refractivity contribution in [3.05, 3.63) is 72.5 Å². The molecule has 1 aliphatic rings. The summed E-state index contributed by atoms with van der Waals surface area (Å²) in [5, 5.41) is 17.2. The van der Waals surface area contributed by atoms with Crippen molar-refractivity contribution in [1.29, 1.82) is 0 Å². The lowest BCUT2D eigenvalue weighted by Crippen LogP contribution is -2.50. The summed E-state index contributed by atoms with van der Waals surface area (Å²) in [5.41, 5.74) is 0.411. The number of rotatable bonds is 15. The van der Waals surface area contributed by atoms with Crippen LogP contribution in [0.3, 0.4) is 0 Å². The van der Waals surface area contributed by atoms with Crippen LogP contribution in [0.25, 0.3) is 6.08 Å². The largest absolute Gasteiger partial charge is 0.444 e. The number of aliphatic hydroxyl groups excluding tert-OH is 1. The van der Waals surface area contributed by atoms with Crippen molar-refractivity contribution < 1.29 is 24.2 Å². The Morgan fingerprint density at radius 3 is 2.40 bits per heavy atom. The van der Waals surface area contributed by atoms with Crippen LogP contribution in [0, 0.1) is 23.7 Å². The Balaban J connectivity index is 1.95. The van der Waals surface area contributed by atoms with E-state index in [-0.39, 0.29) is 24.0 Å². The zero-order valence-corrected chi connectivity index (χ0v) is 27.6. The van der Waals surface area contributed by atoms with Crippen LogP contribution in [0.2, 0.25) is 0 Å². The number of carbonyl (C=O) groups excluding carboxylic acids is 3. The molecule has 9 heteroatoms. The highest BCUT2D eigenvalue weighted by Crippen LogP contribution is 2.30. The number of ketones is 1. The molecule has 4 atom stereocenters. The lowest BCUT2D eigenvalue weighted by Gasteiger charge is -2.33. The Bertz CT molecular complexity index is 1260. The summed E-state index contributed by atoms with van der Waals surface area (Å²) in [6.45, 7) is 13.3. The number of aliphatic hydroxyl groups is 1. The van der Waals surface area contributed by atoms with Crippen molar-refractivity contribution in [2.45, 2.75) is 104 Å². The van der Waals surface area contributed by atoms with E-state index < -0.39 is 41.4 Å². The second kappa shape index (κ2) is 17.1. The lowest BCUT2D eigenvalue weighted by molar-refractivity contribution is -0.133. The van der Waals surface area contributed by atoms with Gasteiger partial charge in [0.15, 0.2) is 5.78 Å². The Labute approximate surface area is 268 Å². The minimum Gasteiger partial charge on any atom is -0.444 e. The molecule has 2 amide bonds. The number of H-pyrrole nitrogens is 1. The van der Waals surface area contributed by atoms with E-state index in [9.17, 15) is 19.5 Å². The van der Waals surface area contributed by atoms with E-state index in [0.29, 0.717) is 30.0 Å². The monoisotopic (exact) mass is 620 g/mol. The van der Waals surface area contributed by atoms with Crippen LogP contribution in [0.4, 0.5) is 4.79 Å². The summed E-state index contributed by atoms with van der Waals surface area (Å²) in [4.78, 5) is 48.3. The third-order valence-electron chi connectivity index (χ3n) is 8.40. The summed E-state index contributed by atoms with van der Waals surface area (Å²) < 4.78 is 5.45. The number of Topliss-reactive ketones (excluding diaryl/α,β-unsaturated/α-hetero) is 1. The van der Waals surface area contributed by atoms with Gasteiger partial charge in [-0.05, 0) is 63.0 Å². The molecule has 1 aromatic heterocycles. The van der Waals surface area contributed by atoms with Crippen LogP contribution in [0.1, 0.15) is 90.8 Å². The molecular weight excluding hydrogens is 568 g/mol. The summed E-state index contributed by atoms with van der Waals surface area (Å²) in [7, 11) is 0. The number of aromatic amines is 1. The van der Waals surface area contributed by atoms with Gasteiger partial charge >= 0.3 is 6.09 Å². The van der Waals surface area contributed by atoms with Crippen LogP contribution in [-0.2, 0) is 20.7 Å². The predicted molar refractivity (Wildman–Crippen MR) is 177 cm³/mol. The first-order chi connectivity index (χ1) is 21.4. The van der Waals surface area contributed by atoms with Crippen LogP contribution >= 0.6 is 0 Å². The number of hydrogen-bond donors (Lipinski definition) is 4. The Kier molecular flexibility index (Phi) is 13.6. The highest BCUT2D eigenvalue weighted by atomic mass is 16.6. The Hall–Kier alpha value is -3.72. The van der Waals surface area contributed by atoms with E-state index in [1.165, 1.54) is 12.7 Å². The second-order valence-electron chi connectivity index (χ2n) is 13.6. The van der Waals surface area contributed by atoms with Crippen LogP contribution in [-0.4, -0.2) is 50.6 Å². The smallest absolute Gasteiger partial charge is 0.412 e. The van der Waals surface area contributed by atoms with Crippen molar-refractivity contribution in [2.24, 2.45) is 23.7 Å². The average molecular weight is 621 g/mol. The number of nitrogens with zero attached hydrogens (tertiary/aromatic N) is 1. The van der Waals surface area contributed by atoms with Crippen molar-refractivity contribution in [3.8, 4) is 0 Å². The van der Waals surface area contributed by atoms with Gasteiger partial charge in [0.2, 0.25) is 5.91 Å². The summed E-state index contributed by atoms with van der Waals surface area (Å²) in [6.07, 6.45) is 11.5. The minimum absolute atomic E-state index is 0.0281. The molecule has 1 aliphatic carbocycles. The number of benzene rings is 1. The molecule has 1 aromatic carbocycles. The molecule has 3 rings (SSSR count). The third kappa shape index (κ3) is 12.0. The summed E-state index contributed by atoms with van der Waals surface area (Å²) >= 11 is 0. The van der Waals surface area contributed by atoms with E-state index in [0.717, 1.165) is 25.7 Å². The van der Waals surface area contributed by atoms with E-state index in [1.807, 2.05) is 24.3 Å². The van der Waals surface area contributed by atoms with Gasteiger partial charge in [0.25, 0.3) is 0 Å². The first-order valence-electron chi connectivity index (χ1n) is 16.3. The number of alkyl carbamates (subject to hydrolysis) is 1. The maximum atomic E-state index is 14.3. The van der Waals surface area contributed by atoms with E-state index >= 15 is 0 Å². The standard InChI is InChI=1S/C36H52N4O5/c1-7-27(24(2)3)20-32(41)30(18-25-14-10-8-11-15-25)39-34(43)29(21-28-22-37-23-38-28)33(42)31(19-26-16-12-9-13-17-26)40-35(44)45-36(4,5)6/h7,9,12-13,16-17,19,22-25,27,29-30,32,41H,1,8,10-11,14-15,18,20-21H2,2-6H3,(H,37,38)(H,39,43)(H,40,44)/b31-19-/t27-,29-,30-,32-/m0/s1. The first-order valence-corrected chi connectivity index (χ1v) is 16.3. The summed E-state index contributed by atoms with van der Waals surface area (Å²) in [6, 6.07) is 8.55. The van der Waals surface area contributed by atoms with Gasteiger partial charge in [-0.3, -0.25) is 14.9 Å². The van der Waals surface area contributed by atoms with Crippen LogP contribution < -0.4 is 10.6 Å². The number of nitrogens with one attached hydrogen (secondary N) is 3. The van der Waals surface area contributed by atoms with Gasteiger partial charge in [-0.15, -0.1) is 6.58 Å². The number of carbonyl (C=O) groups is 3. The zero-order chi connectivity index (χ0) is 33.0. The fourth-order valence-corrected chi connectivity index (χ4v) is 5.87. The van der Waals surface area contributed by atoms with Gasteiger partial charge in [-0.1, -0.05) is 82.4 Å². The van der Waals surface area contributed by atoms with E-state index in [4.69, 9.17) is 4.74 Å². The molecule has 9 nitrogen and oxygen atoms in total. The lowest BCUT2D eigenvalue weighted by atomic mass is 9.81. The van der Waals surface area contributed by atoms with Gasteiger partial charge in [-0.2, -0.15) is 0 Å². The molecule has 0 radical (unpaired) electrons. The van der Waals surface area contributed by atoms with E-state index in [1.54, 1.807) is 45.2 Å². The highest BCUT2D eigenvalue weighted by Gasteiger charge is 2.35. The molecule has 246 valence electrons. The number of ether oxygens (including phenoxy) is 1. The molecule has 1 fully saturated rings. The van der Waals surface area contributed by atoms with Crippen molar-refractivity contribution in [2.75, 3.05) is 0 Å². The number of imidazole rings is 1. The quantitative estimate of drug-likeness (QED) is 0.104. The van der Waals surface area contributed by atoms with Gasteiger partial charge in [0.1, 0.15) is 11.5 Å². The molecule has 0 saturated heterocycles. The third-order valence-corrected chi connectivity index (χ3v) is 8.40. The topological polar surface area (TPSA) is 133 Å². The molecule has 1 heterocycles. The molecule has 0 bridgehead atoms. The van der Waals surface area contributed by atoms with Crippen molar-refractivity contribution in [3.63, 3.8) is 0 Å². The van der Waals surface area contributed by atoms with Gasteiger partial charge < -0.3 is 20.1 Å². The number of aromatic nitrogens is 2. The molecule has 1 saturated carbocycles. The maximum absolute atomic E-state index is 14.3. The molecule has 45 heavy (non-hydrogen) atoms. The Morgan fingerprint density at radius 2 is 1.82 bits per heavy atom.